The molecule has 0 radical (unpaired) electrons. The van der Waals surface area contributed by atoms with Crippen molar-refractivity contribution in [2.24, 2.45) is 4.99 Å². The second-order valence-corrected chi connectivity index (χ2v) is 4.81. The highest BCUT2D eigenvalue weighted by Gasteiger charge is 2.27. The van der Waals surface area contributed by atoms with Gasteiger partial charge in [-0.05, 0) is 5.56 Å². The monoisotopic (exact) mass is 283 g/mol. The molecule has 1 aromatic rings. The highest BCUT2D eigenvalue weighted by molar-refractivity contribution is 6.22. The average Bonchev–Trinajstić information content (AvgIpc) is 2.74. The number of hydrogen-bond donors (Lipinski definition) is 1. The van der Waals surface area contributed by atoms with Crippen molar-refractivity contribution in [3.8, 4) is 0 Å². The third kappa shape index (κ3) is 2.69. The Morgan fingerprint density at radius 1 is 1.28 bits per heavy atom. The van der Waals surface area contributed by atoms with Gasteiger partial charge in [-0.25, -0.2) is 0 Å². The topological polar surface area (TPSA) is 27.6 Å². The van der Waals surface area contributed by atoms with Gasteiger partial charge in [0.15, 0.2) is 0 Å². The molecule has 0 fully saturated rings. The SMILES string of the molecule is Cl.ClC1N=CNC2=C1CN(Cc1ccccc1)C2. The Kier molecular flexibility index (Phi) is 4.27. The van der Waals surface area contributed by atoms with Crippen LogP contribution in [0.25, 0.3) is 0 Å². The Morgan fingerprint density at radius 2 is 2.06 bits per heavy atom. The van der Waals surface area contributed by atoms with Gasteiger partial charge in [-0.3, -0.25) is 9.89 Å². The highest BCUT2D eigenvalue weighted by atomic mass is 35.5. The van der Waals surface area contributed by atoms with Crippen molar-refractivity contribution in [2.45, 2.75) is 12.0 Å². The predicted molar refractivity (Wildman–Crippen MR) is 77.3 cm³/mol. The minimum Gasteiger partial charge on any atom is -0.349 e. The number of halogens is 2. The zero-order valence-electron chi connectivity index (χ0n) is 9.84. The van der Waals surface area contributed by atoms with Gasteiger partial charge in [0.1, 0.15) is 5.50 Å². The number of nitrogens with zero attached hydrogens (tertiary/aromatic N) is 2. The maximum atomic E-state index is 6.16. The van der Waals surface area contributed by atoms with Gasteiger partial charge in [-0.15, -0.1) is 12.4 Å². The summed E-state index contributed by atoms with van der Waals surface area (Å²) in [5, 5.41) is 3.19. The Balaban J connectivity index is 0.00000120. The molecule has 0 saturated carbocycles. The minimum atomic E-state index is -0.188. The van der Waals surface area contributed by atoms with Gasteiger partial charge in [-0.1, -0.05) is 41.9 Å². The van der Waals surface area contributed by atoms with Crippen molar-refractivity contribution in [3.05, 3.63) is 47.2 Å². The lowest BCUT2D eigenvalue weighted by Gasteiger charge is -2.15. The first-order valence-corrected chi connectivity index (χ1v) is 6.17. The van der Waals surface area contributed by atoms with E-state index in [0.717, 1.165) is 19.6 Å². The van der Waals surface area contributed by atoms with Crippen LogP contribution in [0.15, 0.2) is 46.6 Å². The quantitative estimate of drug-likeness (QED) is 0.667. The molecule has 2 aliphatic heterocycles. The highest BCUT2D eigenvalue weighted by Crippen LogP contribution is 2.25. The van der Waals surface area contributed by atoms with E-state index < -0.39 is 0 Å². The molecule has 0 bridgehead atoms. The van der Waals surface area contributed by atoms with Crippen LogP contribution in [-0.4, -0.2) is 29.8 Å². The Hall–Kier alpha value is -1.03. The molecule has 3 rings (SSSR count). The molecule has 0 amide bonds. The summed E-state index contributed by atoms with van der Waals surface area (Å²) in [6, 6.07) is 10.5. The Morgan fingerprint density at radius 3 is 2.78 bits per heavy atom. The molecule has 0 aromatic heterocycles. The molecule has 0 spiro atoms. The van der Waals surface area contributed by atoms with Gasteiger partial charge < -0.3 is 5.32 Å². The van der Waals surface area contributed by atoms with Crippen LogP contribution in [0.5, 0.6) is 0 Å². The van der Waals surface area contributed by atoms with Crippen molar-refractivity contribution in [1.82, 2.24) is 10.2 Å². The number of rotatable bonds is 2. The van der Waals surface area contributed by atoms with Crippen LogP contribution in [0.3, 0.4) is 0 Å². The van der Waals surface area contributed by atoms with E-state index in [1.807, 2.05) is 6.07 Å². The second-order valence-electron chi connectivity index (χ2n) is 4.39. The third-order valence-corrected chi connectivity index (χ3v) is 3.52. The number of benzene rings is 1. The number of alkyl halides is 1. The summed E-state index contributed by atoms with van der Waals surface area (Å²) in [4.78, 5) is 6.53. The molecule has 1 unspecified atom stereocenters. The molecule has 2 heterocycles. The minimum absolute atomic E-state index is 0. The summed E-state index contributed by atoms with van der Waals surface area (Å²) in [6.45, 7) is 2.79. The van der Waals surface area contributed by atoms with E-state index in [1.54, 1.807) is 6.34 Å². The smallest absolute Gasteiger partial charge is 0.149 e. The van der Waals surface area contributed by atoms with Crippen LogP contribution in [0.2, 0.25) is 0 Å². The fourth-order valence-electron chi connectivity index (χ4n) is 2.30. The molecule has 5 heteroatoms. The maximum absolute atomic E-state index is 6.16. The molecular weight excluding hydrogens is 269 g/mol. The van der Waals surface area contributed by atoms with E-state index in [9.17, 15) is 0 Å². The van der Waals surface area contributed by atoms with E-state index >= 15 is 0 Å². The van der Waals surface area contributed by atoms with Crippen LogP contribution in [0.4, 0.5) is 0 Å². The zero-order valence-corrected chi connectivity index (χ0v) is 11.4. The van der Waals surface area contributed by atoms with Gasteiger partial charge in [-0.2, -0.15) is 0 Å². The summed E-state index contributed by atoms with van der Waals surface area (Å²) in [5.41, 5.74) is 3.58. The number of hydrogen-bond acceptors (Lipinski definition) is 3. The molecule has 0 aliphatic carbocycles. The van der Waals surface area contributed by atoms with E-state index in [0.29, 0.717) is 0 Å². The van der Waals surface area contributed by atoms with E-state index in [1.165, 1.54) is 16.8 Å². The molecule has 18 heavy (non-hydrogen) atoms. The lowest BCUT2D eigenvalue weighted by molar-refractivity contribution is 0.335. The van der Waals surface area contributed by atoms with E-state index in [4.69, 9.17) is 11.6 Å². The van der Waals surface area contributed by atoms with Crippen LogP contribution in [-0.2, 0) is 6.54 Å². The zero-order chi connectivity index (χ0) is 11.7. The molecular formula is C13H15Cl2N3. The second kappa shape index (κ2) is 5.74. The average molecular weight is 284 g/mol. The fraction of sp³-hybridized carbons (Fsp3) is 0.308. The Labute approximate surface area is 118 Å². The lowest BCUT2D eigenvalue weighted by atomic mass is 10.2. The molecule has 0 saturated heterocycles. The van der Waals surface area contributed by atoms with Gasteiger partial charge in [0, 0.05) is 30.9 Å². The first kappa shape index (κ1) is 13.4. The molecule has 96 valence electrons. The summed E-state index contributed by atoms with van der Waals surface area (Å²) in [7, 11) is 0. The van der Waals surface area contributed by atoms with Crippen LogP contribution < -0.4 is 5.32 Å². The van der Waals surface area contributed by atoms with Crippen molar-refractivity contribution in [2.75, 3.05) is 13.1 Å². The first-order valence-electron chi connectivity index (χ1n) is 5.73. The summed E-state index contributed by atoms with van der Waals surface area (Å²) in [6.07, 6.45) is 1.70. The maximum Gasteiger partial charge on any atom is 0.149 e. The molecule has 2 aliphatic rings. The summed E-state index contributed by atoms with van der Waals surface area (Å²) in [5.74, 6) is 0. The molecule has 3 nitrogen and oxygen atoms in total. The number of nitrogens with one attached hydrogen (secondary N) is 1. The normalized spacial score (nSPS) is 22.4. The van der Waals surface area contributed by atoms with E-state index in [2.05, 4.69) is 39.5 Å². The van der Waals surface area contributed by atoms with Gasteiger partial charge in [0.25, 0.3) is 0 Å². The molecule has 1 aromatic carbocycles. The summed E-state index contributed by atoms with van der Waals surface area (Å²) < 4.78 is 0. The fourth-order valence-corrected chi connectivity index (χ4v) is 2.56. The number of aliphatic imine (C=N–C) groups is 1. The largest absolute Gasteiger partial charge is 0.349 e. The molecule has 1 N–H and O–H groups in total. The standard InChI is InChI=1S/C13H14ClN3.ClH/c14-13-11-7-17(8-12(11)15-9-16-13)6-10-4-2-1-3-5-10;/h1-5,9,13H,6-8H2,(H,15,16);1H. The van der Waals surface area contributed by atoms with Gasteiger partial charge in [0.2, 0.25) is 0 Å². The van der Waals surface area contributed by atoms with Gasteiger partial charge >= 0.3 is 0 Å². The van der Waals surface area contributed by atoms with Crippen molar-refractivity contribution in [3.63, 3.8) is 0 Å². The predicted octanol–water partition coefficient (Wildman–Crippen LogP) is 2.37. The summed E-state index contributed by atoms with van der Waals surface area (Å²) >= 11 is 6.16. The van der Waals surface area contributed by atoms with Crippen LogP contribution >= 0.6 is 24.0 Å². The third-order valence-electron chi connectivity index (χ3n) is 3.14. The Bertz CT molecular complexity index is 470. The lowest BCUT2D eigenvalue weighted by Crippen LogP contribution is -2.23. The molecule has 1 atom stereocenters. The van der Waals surface area contributed by atoms with Gasteiger partial charge in [0.05, 0.1) is 6.34 Å². The van der Waals surface area contributed by atoms with Crippen molar-refractivity contribution >= 4 is 30.3 Å². The van der Waals surface area contributed by atoms with Crippen molar-refractivity contribution in [1.29, 1.82) is 0 Å². The van der Waals surface area contributed by atoms with E-state index in [-0.39, 0.29) is 17.9 Å². The van der Waals surface area contributed by atoms with Crippen LogP contribution in [0.1, 0.15) is 5.56 Å². The van der Waals surface area contributed by atoms with Crippen LogP contribution in [0, 0.1) is 0 Å². The first-order chi connectivity index (χ1) is 8.33. The van der Waals surface area contributed by atoms with Crippen molar-refractivity contribution < 1.29 is 0 Å².